The molecule has 4 nitrogen and oxygen atoms in total. The van der Waals surface area contributed by atoms with E-state index >= 15 is 0 Å². The van der Waals surface area contributed by atoms with E-state index in [1.807, 2.05) is 24.3 Å². The number of nitrogens with zero attached hydrogens (tertiary/aromatic N) is 4. The largest absolute Gasteiger partial charge is 0.254 e. The summed E-state index contributed by atoms with van der Waals surface area (Å²) in [4.78, 5) is 18.9. The zero-order chi connectivity index (χ0) is 16.3. The number of benzene rings is 2. The van der Waals surface area contributed by atoms with Crippen LogP contribution in [0.2, 0.25) is 0 Å². The highest BCUT2D eigenvalue weighted by Gasteiger charge is 2.13. The van der Waals surface area contributed by atoms with Gasteiger partial charge in [0.2, 0.25) is 0 Å². The normalized spacial score (nSPS) is 11.8. The van der Waals surface area contributed by atoms with Crippen LogP contribution in [-0.2, 0) is 0 Å². The van der Waals surface area contributed by atoms with Crippen molar-refractivity contribution in [1.29, 1.82) is 0 Å². The minimum Gasteiger partial charge on any atom is -0.254 e. The molecule has 0 fully saturated rings. The quantitative estimate of drug-likeness (QED) is 0.312. The highest BCUT2D eigenvalue weighted by atomic mass is 14.8. The molecule has 0 amide bonds. The van der Waals surface area contributed by atoms with Gasteiger partial charge < -0.3 is 0 Å². The van der Waals surface area contributed by atoms with Crippen molar-refractivity contribution in [1.82, 2.24) is 19.9 Å². The van der Waals surface area contributed by atoms with Gasteiger partial charge in [-0.05, 0) is 61.4 Å². The van der Waals surface area contributed by atoms with Gasteiger partial charge in [0.1, 0.15) is 0 Å². The van der Waals surface area contributed by atoms with Gasteiger partial charge in [-0.15, -0.1) is 0 Å². The van der Waals surface area contributed by atoms with Gasteiger partial charge in [-0.2, -0.15) is 0 Å². The van der Waals surface area contributed by atoms with Crippen molar-refractivity contribution in [3.8, 4) is 0 Å². The maximum absolute atomic E-state index is 4.93. The molecule has 0 radical (unpaired) electrons. The van der Waals surface area contributed by atoms with Gasteiger partial charge in [0.05, 0.1) is 33.1 Å². The molecular formula is C20H14N4. The lowest BCUT2D eigenvalue weighted by molar-refractivity contribution is 1.32. The zero-order valence-corrected chi connectivity index (χ0v) is 13.4. The fourth-order valence-corrected chi connectivity index (χ4v) is 3.26. The lowest BCUT2D eigenvalue weighted by Crippen LogP contribution is -1.94. The molecule has 5 rings (SSSR count). The van der Waals surface area contributed by atoms with Crippen LogP contribution in [0, 0.1) is 13.8 Å². The van der Waals surface area contributed by atoms with Gasteiger partial charge in [0, 0.05) is 23.2 Å². The fourth-order valence-electron chi connectivity index (χ4n) is 3.26. The Morgan fingerprint density at radius 3 is 1.54 bits per heavy atom. The monoisotopic (exact) mass is 310 g/mol. The van der Waals surface area contributed by atoms with E-state index in [0.29, 0.717) is 0 Å². The molecule has 0 aliphatic carbocycles. The number of aryl methyl sites for hydroxylation is 2. The van der Waals surface area contributed by atoms with Gasteiger partial charge in [-0.3, -0.25) is 9.97 Å². The van der Waals surface area contributed by atoms with Gasteiger partial charge in [-0.1, -0.05) is 0 Å². The Hall–Kier alpha value is -3.14. The molecule has 3 heterocycles. The molecule has 0 saturated carbocycles. The topological polar surface area (TPSA) is 51.6 Å². The van der Waals surface area contributed by atoms with Crippen molar-refractivity contribution < 1.29 is 0 Å². The van der Waals surface area contributed by atoms with E-state index in [2.05, 4.69) is 35.9 Å². The van der Waals surface area contributed by atoms with E-state index in [1.165, 1.54) is 11.1 Å². The third kappa shape index (κ3) is 1.74. The second kappa shape index (κ2) is 4.68. The molecule has 0 saturated heterocycles. The van der Waals surface area contributed by atoms with E-state index in [4.69, 9.17) is 9.97 Å². The molecule has 4 heteroatoms. The van der Waals surface area contributed by atoms with Crippen molar-refractivity contribution >= 4 is 43.9 Å². The van der Waals surface area contributed by atoms with Crippen molar-refractivity contribution in [2.45, 2.75) is 13.8 Å². The Labute approximate surface area is 138 Å². The highest BCUT2D eigenvalue weighted by molar-refractivity contribution is 6.21. The standard InChI is InChI=1S/C20H14N4/c1-11-9-15-16(10-12(11)2)24-20-14-6-4-8-22-18(14)17-13(19(20)23-15)5-3-7-21-17/h3-10H,1-2H3. The molecule has 24 heavy (non-hydrogen) atoms. The Balaban J connectivity index is 2.11. The molecule has 2 aromatic carbocycles. The third-order valence-electron chi connectivity index (χ3n) is 4.63. The molecule has 0 aliphatic rings. The van der Waals surface area contributed by atoms with E-state index in [9.17, 15) is 0 Å². The molecule has 0 atom stereocenters. The maximum Gasteiger partial charge on any atom is 0.0996 e. The first kappa shape index (κ1) is 13.3. The van der Waals surface area contributed by atoms with Crippen LogP contribution < -0.4 is 0 Å². The van der Waals surface area contributed by atoms with E-state index in [1.54, 1.807) is 12.4 Å². The third-order valence-corrected chi connectivity index (χ3v) is 4.63. The predicted octanol–water partition coefficient (Wildman–Crippen LogP) is 4.50. The van der Waals surface area contributed by atoms with Crippen LogP contribution in [0.3, 0.4) is 0 Å². The summed E-state index contributed by atoms with van der Waals surface area (Å²) < 4.78 is 0. The van der Waals surface area contributed by atoms with Crippen LogP contribution in [0.25, 0.3) is 43.9 Å². The van der Waals surface area contributed by atoms with Crippen molar-refractivity contribution in [2.75, 3.05) is 0 Å². The van der Waals surface area contributed by atoms with Crippen LogP contribution in [0.5, 0.6) is 0 Å². The number of aromatic nitrogens is 4. The second-order valence-electron chi connectivity index (χ2n) is 6.15. The average molecular weight is 310 g/mol. The van der Waals surface area contributed by atoms with Crippen molar-refractivity contribution in [2.24, 2.45) is 0 Å². The molecule has 0 spiro atoms. The van der Waals surface area contributed by atoms with Crippen LogP contribution in [0.1, 0.15) is 11.1 Å². The summed E-state index contributed by atoms with van der Waals surface area (Å²) >= 11 is 0. The van der Waals surface area contributed by atoms with Crippen molar-refractivity contribution in [3.63, 3.8) is 0 Å². The van der Waals surface area contributed by atoms with Gasteiger partial charge in [0.25, 0.3) is 0 Å². The van der Waals surface area contributed by atoms with Crippen LogP contribution in [-0.4, -0.2) is 19.9 Å². The predicted molar refractivity (Wildman–Crippen MR) is 97.1 cm³/mol. The molecule has 0 N–H and O–H groups in total. The fraction of sp³-hybridized carbons (Fsp3) is 0.100. The molecule has 0 unspecified atom stereocenters. The van der Waals surface area contributed by atoms with Crippen LogP contribution in [0.15, 0.2) is 48.8 Å². The zero-order valence-electron chi connectivity index (χ0n) is 13.4. The SMILES string of the molecule is Cc1cc2nc3c4cccnc4c4ncccc4c3nc2cc1C. The molecule has 114 valence electrons. The Morgan fingerprint density at radius 1 is 0.625 bits per heavy atom. The summed E-state index contributed by atoms with van der Waals surface area (Å²) in [5, 5.41) is 1.98. The van der Waals surface area contributed by atoms with Gasteiger partial charge in [0.15, 0.2) is 0 Å². The molecule has 0 aliphatic heterocycles. The molecule has 3 aromatic heterocycles. The minimum absolute atomic E-state index is 0.873. The lowest BCUT2D eigenvalue weighted by atomic mass is 10.1. The number of pyridine rings is 2. The first-order chi connectivity index (χ1) is 11.7. The van der Waals surface area contributed by atoms with E-state index in [-0.39, 0.29) is 0 Å². The maximum atomic E-state index is 4.93. The summed E-state index contributed by atoms with van der Waals surface area (Å²) in [6.45, 7) is 4.20. The Kier molecular flexibility index (Phi) is 2.59. The Morgan fingerprint density at radius 2 is 1.08 bits per heavy atom. The summed E-state index contributed by atoms with van der Waals surface area (Å²) in [6.07, 6.45) is 3.59. The van der Waals surface area contributed by atoms with E-state index in [0.717, 1.165) is 43.9 Å². The summed E-state index contributed by atoms with van der Waals surface area (Å²) in [5.41, 5.74) is 7.79. The van der Waals surface area contributed by atoms with Gasteiger partial charge >= 0.3 is 0 Å². The smallest absolute Gasteiger partial charge is 0.0996 e. The summed E-state index contributed by atoms with van der Waals surface area (Å²) in [5.74, 6) is 0. The number of rotatable bonds is 0. The molecule has 0 bridgehead atoms. The molecular weight excluding hydrogens is 296 g/mol. The molecule has 5 aromatic rings. The first-order valence-electron chi connectivity index (χ1n) is 7.92. The summed E-state index contributed by atoms with van der Waals surface area (Å²) in [6, 6.07) is 12.2. The minimum atomic E-state index is 0.873. The number of hydrogen-bond acceptors (Lipinski definition) is 4. The highest BCUT2D eigenvalue weighted by Crippen LogP contribution is 2.32. The van der Waals surface area contributed by atoms with Crippen LogP contribution in [0.4, 0.5) is 0 Å². The lowest BCUT2D eigenvalue weighted by Gasteiger charge is -2.09. The number of hydrogen-bond donors (Lipinski definition) is 0. The van der Waals surface area contributed by atoms with Crippen LogP contribution >= 0.6 is 0 Å². The number of fused-ring (bicyclic) bond motifs is 7. The average Bonchev–Trinajstić information content (AvgIpc) is 2.62. The first-order valence-corrected chi connectivity index (χ1v) is 7.92. The van der Waals surface area contributed by atoms with Gasteiger partial charge in [-0.25, -0.2) is 9.97 Å². The summed E-state index contributed by atoms with van der Waals surface area (Å²) in [7, 11) is 0. The van der Waals surface area contributed by atoms with E-state index < -0.39 is 0 Å². The second-order valence-corrected chi connectivity index (χ2v) is 6.15. The van der Waals surface area contributed by atoms with Crippen molar-refractivity contribution in [3.05, 3.63) is 59.9 Å². The Bertz CT molecular complexity index is 1180.